The fourth-order valence-corrected chi connectivity index (χ4v) is 3.35. The van der Waals surface area contributed by atoms with Gasteiger partial charge in [-0.1, -0.05) is 12.1 Å². The molecule has 0 saturated heterocycles. The van der Waals surface area contributed by atoms with E-state index in [2.05, 4.69) is 20.7 Å². The Morgan fingerprint density at radius 2 is 1.81 bits per heavy atom. The van der Waals surface area contributed by atoms with E-state index in [1.54, 1.807) is 0 Å². The summed E-state index contributed by atoms with van der Waals surface area (Å²) in [7, 11) is 1.92. The Hall–Kier alpha value is -3.48. The molecule has 0 bridgehead atoms. The number of benzene rings is 2. The molecule has 0 fully saturated rings. The monoisotopic (exact) mass is 421 g/mol. The fraction of sp³-hybridized carbons (Fsp3) is 0.292. The molecule has 0 radical (unpaired) electrons. The van der Waals surface area contributed by atoms with Crippen LogP contribution in [0.3, 0.4) is 0 Å². The van der Waals surface area contributed by atoms with Gasteiger partial charge in [0.2, 0.25) is 5.96 Å². The fourth-order valence-electron chi connectivity index (χ4n) is 3.35. The van der Waals surface area contributed by atoms with Crippen LogP contribution in [0, 0.1) is 33.5 Å². The van der Waals surface area contributed by atoms with Crippen LogP contribution in [-0.4, -0.2) is 28.2 Å². The van der Waals surface area contributed by atoms with Crippen LogP contribution in [0.1, 0.15) is 38.4 Å². The van der Waals surface area contributed by atoms with Gasteiger partial charge in [0.25, 0.3) is 5.91 Å². The standard InChI is InChI=1S/C24H28FN5O/c1-15-6-7-16(2)22(14-15)27-24(28-23(31)19-8-10-20(25)11-9-19)26-13-12-21-17(3)29-30(5)18(21)4/h6-11,14H,12-13H2,1-5H3,(H2,26,27,28,31). The third-order valence-electron chi connectivity index (χ3n) is 5.28. The number of aromatic nitrogens is 2. The molecule has 0 atom stereocenters. The number of carbonyl (C=O) groups is 1. The van der Waals surface area contributed by atoms with Crippen LogP contribution in [0.2, 0.25) is 0 Å². The molecule has 31 heavy (non-hydrogen) atoms. The molecule has 2 N–H and O–H groups in total. The van der Waals surface area contributed by atoms with Crippen LogP contribution in [0.15, 0.2) is 47.5 Å². The maximum absolute atomic E-state index is 13.2. The van der Waals surface area contributed by atoms with Crippen molar-refractivity contribution in [2.45, 2.75) is 34.1 Å². The number of carbonyl (C=O) groups excluding carboxylic acids is 1. The lowest BCUT2D eigenvalue weighted by atomic mass is 10.1. The average molecular weight is 422 g/mol. The van der Waals surface area contributed by atoms with E-state index in [-0.39, 0.29) is 11.7 Å². The second-order valence-corrected chi connectivity index (χ2v) is 7.66. The van der Waals surface area contributed by atoms with Crippen LogP contribution in [0.25, 0.3) is 0 Å². The lowest BCUT2D eigenvalue weighted by molar-refractivity contribution is 0.0977. The number of anilines is 1. The molecule has 7 heteroatoms. The van der Waals surface area contributed by atoms with Gasteiger partial charge in [-0.15, -0.1) is 0 Å². The van der Waals surface area contributed by atoms with Gasteiger partial charge in [-0.3, -0.25) is 19.8 Å². The number of guanidine groups is 1. The lowest BCUT2D eigenvalue weighted by Gasteiger charge is -2.14. The first kappa shape index (κ1) is 22.2. The van der Waals surface area contributed by atoms with Gasteiger partial charge in [0.15, 0.2) is 0 Å². The second kappa shape index (κ2) is 9.55. The van der Waals surface area contributed by atoms with Crippen LogP contribution in [-0.2, 0) is 13.5 Å². The van der Waals surface area contributed by atoms with Gasteiger partial charge in [-0.25, -0.2) is 4.39 Å². The van der Waals surface area contributed by atoms with Crippen LogP contribution < -0.4 is 10.6 Å². The van der Waals surface area contributed by atoms with Crippen molar-refractivity contribution < 1.29 is 9.18 Å². The van der Waals surface area contributed by atoms with Gasteiger partial charge < -0.3 is 5.32 Å². The van der Waals surface area contributed by atoms with Crippen LogP contribution in [0.4, 0.5) is 10.1 Å². The largest absolute Gasteiger partial charge is 0.326 e. The van der Waals surface area contributed by atoms with Crippen LogP contribution >= 0.6 is 0 Å². The summed E-state index contributed by atoms with van der Waals surface area (Å²) in [4.78, 5) is 17.3. The van der Waals surface area contributed by atoms with Gasteiger partial charge >= 0.3 is 0 Å². The molecule has 1 aromatic heterocycles. The van der Waals surface area contributed by atoms with E-state index < -0.39 is 0 Å². The van der Waals surface area contributed by atoms with Gasteiger partial charge in [-0.2, -0.15) is 5.10 Å². The molecule has 2 aromatic carbocycles. The summed E-state index contributed by atoms with van der Waals surface area (Å²) in [6.07, 6.45) is 0.704. The Balaban J connectivity index is 1.82. The summed E-state index contributed by atoms with van der Waals surface area (Å²) >= 11 is 0. The highest BCUT2D eigenvalue weighted by Gasteiger charge is 2.12. The molecule has 0 aliphatic heterocycles. The predicted octanol–water partition coefficient (Wildman–Crippen LogP) is 4.23. The van der Waals surface area contributed by atoms with Gasteiger partial charge in [0, 0.05) is 30.5 Å². The molecule has 1 amide bonds. The molecule has 1 heterocycles. The maximum atomic E-state index is 13.2. The number of aliphatic imine (C=N–C) groups is 1. The molecule has 3 rings (SSSR count). The van der Waals surface area contributed by atoms with E-state index >= 15 is 0 Å². The summed E-state index contributed by atoms with van der Waals surface area (Å²) in [6.45, 7) is 8.49. The highest BCUT2D eigenvalue weighted by atomic mass is 19.1. The molecule has 0 unspecified atom stereocenters. The molecule has 0 saturated carbocycles. The van der Waals surface area contributed by atoms with Crippen molar-refractivity contribution in [3.8, 4) is 0 Å². The minimum atomic E-state index is -0.388. The van der Waals surface area contributed by atoms with Gasteiger partial charge in [0.1, 0.15) is 5.82 Å². The summed E-state index contributed by atoms with van der Waals surface area (Å²) in [5, 5.41) is 10.5. The highest BCUT2D eigenvalue weighted by Crippen LogP contribution is 2.17. The summed E-state index contributed by atoms with van der Waals surface area (Å²) in [5.74, 6) is -0.395. The molecule has 6 nitrogen and oxygen atoms in total. The number of amides is 1. The van der Waals surface area contributed by atoms with Crippen molar-refractivity contribution in [3.05, 3.63) is 81.9 Å². The number of nitrogens with zero attached hydrogens (tertiary/aromatic N) is 3. The maximum Gasteiger partial charge on any atom is 0.257 e. The highest BCUT2D eigenvalue weighted by molar-refractivity contribution is 6.10. The molecule has 0 aliphatic carbocycles. The Labute approximate surface area is 182 Å². The normalized spacial score (nSPS) is 11.5. The smallest absolute Gasteiger partial charge is 0.257 e. The van der Waals surface area contributed by atoms with Crippen molar-refractivity contribution in [2.24, 2.45) is 12.0 Å². The van der Waals surface area contributed by atoms with Crippen LogP contribution in [0.5, 0.6) is 0 Å². The first-order valence-corrected chi connectivity index (χ1v) is 10.2. The molecular formula is C24H28FN5O. The minimum absolute atomic E-state index is 0.349. The number of halogens is 1. The quantitative estimate of drug-likeness (QED) is 0.478. The number of rotatable bonds is 5. The zero-order valence-electron chi connectivity index (χ0n) is 18.6. The molecular weight excluding hydrogens is 393 g/mol. The van der Waals surface area contributed by atoms with E-state index in [9.17, 15) is 9.18 Å². The molecule has 0 aliphatic rings. The minimum Gasteiger partial charge on any atom is -0.326 e. The van der Waals surface area contributed by atoms with Crippen molar-refractivity contribution >= 4 is 17.6 Å². The van der Waals surface area contributed by atoms with Crippen molar-refractivity contribution in [2.75, 3.05) is 11.9 Å². The Kier molecular flexibility index (Phi) is 6.84. The third-order valence-corrected chi connectivity index (χ3v) is 5.28. The van der Waals surface area contributed by atoms with Gasteiger partial charge in [0.05, 0.1) is 5.69 Å². The number of aryl methyl sites for hydroxylation is 4. The van der Waals surface area contributed by atoms with Crippen molar-refractivity contribution in [1.82, 2.24) is 15.1 Å². The van der Waals surface area contributed by atoms with E-state index in [4.69, 9.17) is 0 Å². The average Bonchev–Trinajstić information content (AvgIpc) is 2.97. The summed E-state index contributed by atoms with van der Waals surface area (Å²) < 4.78 is 15.1. The summed E-state index contributed by atoms with van der Waals surface area (Å²) in [5.41, 5.74) is 6.60. The van der Waals surface area contributed by atoms with Crippen molar-refractivity contribution in [3.63, 3.8) is 0 Å². The number of hydrogen-bond acceptors (Lipinski definition) is 3. The lowest BCUT2D eigenvalue weighted by Crippen LogP contribution is -2.36. The first-order valence-electron chi connectivity index (χ1n) is 10.2. The van der Waals surface area contributed by atoms with E-state index in [0.717, 1.165) is 33.8 Å². The van der Waals surface area contributed by atoms with Gasteiger partial charge in [-0.05, 0) is 81.1 Å². The Morgan fingerprint density at radius 1 is 1.10 bits per heavy atom. The molecule has 3 aromatic rings. The van der Waals surface area contributed by atoms with Crippen molar-refractivity contribution in [1.29, 1.82) is 0 Å². The topological polar surface area (TPSA) is 71.3 Å². The number of hydrogen-bond donors (Lipinski definition) is 2. The second-order valence-electron chi connectivity index (χ2n) is 7.66. The first-order chi connectivity index (χ1) is 14.7. The zero-order valence-corrected chi connectivity index (χ0v) is 18.6. The predicted molar refractivity (Wildman–Crippen MR) is 122 cm³/mol. The SMILES string of the molecule is Cc1ccc(C)c(NC(=NCCc2c(C)nn(C)c2C)NC(=O)c2ccc(F)cc2)c1. The Morgan fingerprint density at radius 3 is 2.45 bits per heavy atom. The van der Waals surface area contributed by atoms with E-state index in [1.807, 2.05) is 57.6 Å². The van der Waals surface area contributed by atoms with E-state index in [1.165, 1.54) is 24.3 Å². The third kappa shape index (κ3) is 5.57. The van der Waals surface area contributed by atoms with E-state index in [0.29, 0.717) is 24.5 Å². The molecule has 0 spiro atoms. The zero-order chi connectivity index (χ0) is 22.5. The summed E-state index contributed by atoms with van der Waals surface area (Å²) in [6, 6.07) is 11.5. The molecule has 162 valence electrons. The number of nitrogens with one attached hydrogen (secondary N) is 2. The Bertz CT molecular complexity index is 1120.